The van der Waals surface area contributed by atoms with Crippen LogP contribution in [-0.4, -0.2) is 16.8 Å². The van der Waals surface area contributed by atoms with Crippen molar-refractivity contribution in [3.05, 3.63) is 46.3 Å². The van der Waals surface area contributed by atoms with Crippen LogP contribution in [0.4, 0.5) is 0 Å². The van der Waals surface area contributed by atoms with Gasteiger partial charge in [-0.3, -0.25) is 4.79 Å². The predicted octanol–water partition coefficient (Wildman–Crippen LogP) is 3.19. The van der Waals surface area contributed by atoms with E-state index in [9.17, 15) is 4.79 Å². The van der Waals surface area contributed by atoms with Crippen LogP contribution < -0.4 is 0 Å². The second-order valence-electron chi connectivity index (χ2n) is 3.72. The number of ether oxygens (including phenoxy) is 1. The van der Waals surface area contributed by atoms with Crippen LogP contribution in [0.3, 0.4) is 0 Å². The van der Waals surface area contributed by atoms with Gasteiger partial charge in [-0.25, -0.2) is 0 Å². The number of benzene rings is 1. The van der Waals surface area contributed by atoms with Crippen LogP contribution in [0.15, 0.2) is 35.4 Å². The van der Waals surface area contributed by atoms with Crippen LogP contribution in [0.25, 0.3) is 10.4 Å². The Morgan fingerprint density at radius 2 is 2.18 bits per heavy atom. The number of carbonyl (C=O) groups excluding carboxylic acids is 1. The molecule has 1 atom stereocenters. The monoisotopic (exact) mass is 297 g/mol. The minimum atomic E-state index is -1.20. The van der Waals surface area contributed by atoms with Gasteiger partial charge in [-0.05, 0) is 33.9 Å². The number of azide groups is 1. The van der Waals surface area contributed by atoms with Crippen molar-refractivity contribution in [1.82, 2.24) is 0 Å². The van der Waals surface area contributed by atoms with Gasteiger partial charge in [-0.2, -0.15) is 0 Å². The highest BCUT2D eigenvalue weighted by molar-refractivity contribution is 9.18. The average Bonchev–Trinajstić information content (AvgIpc) is 2.30. The minimum absolute atomic E-state index is 0.0377. The summed E-state index contributed by atoms with van der Waals surface area (Å²) in [5, 5.41) is 3.45. The Kier molecular flexibility index (Phi) is 5.15. The standard InChI is InChI=1S/C11H12BrN3O2/c1-11(10(12)16,14-15-13)8-17-7-9-5-3-2-4-6-9/h2-6H,7-8H2,1H3. The second kappa shape index (κ2) is 6.39. The molecule has 17 heavy (non-hydrogen) atoms. The number of halogens is 1. The van der Waals surface area contributed by atoms with E-state index in [0.29, 0.717) is 6.61 Å². The van der Waals surface area contributed by atoms with E-state index in [0.717, 1.165) is 5.56 Å². The Labute approximate surface area is 108 Å². The summed E-state index contributed by atoms with van der Waals surface area (Å²) in [5.74, 6) is 0. The van der Waals surface area contributed by atoms with Crippen LogP contribution in [0.2, 0.25) is 0 Å². The topological polar surface area (TPSA) is 75.1 Å². The van der Waals surface area contributed by atoms with Gasteiger partial charge in [-0.15, -0.1) is 0 Å². The Morgan fingerprint density at radius 1 is 1.53 bits per heavy atom. The number of hydrogen-bond donors (Lipinski definition) is 0. The molecule has 0 spiro atoms. The molecule has 1 aromatic carbocycles. The molecule has 0 aliphatic heterocycles. The van der Waals surface area contributed by atoms with Crippen molar-refractivity contribution < 1.29 is 9.53 Å². The van der Waals surface area contributed by atoms with Gasteiger partial charge in [0, 0.05) is 4.91 Å². The first-order valence-electron chi connectivity index (χ1n) is 4.96. The van der Waals surface area contributed by atoms with Crippen molar-refractivity contribution in [2.75, 3.05) is 6.61 Å². The zero-order valence-corrected chi connectivity index (χ0v) is 10.9. The molecular weight excluding hydrogens is 286 g/mol. The molecule has 0 fully saturated rings. The van der Waals surface area contributed by atoms with Gasteiger partial charge >= 0.3 is 0 Å². The van der Waals surface area contributed by atoms with Gasteiger partial charge in [0.15, 0.2) is 0 Å². The van der Waals surface area contributed by atoms with Crippen molar-refractivity contribution in [1.29, 1.82) is 0 Å². The van der Waals surface area contributed by atoms with Gasteiger partial charge < -0.3 is 4.74 Å². The molecule has 1 rings (SSSR count). The molecule has 0 saturated heterocycles. The molecule has 0 saturated carbocycles. The van der Waals surface area contributed by atoms with E-state index in [4.69, 9.17) is 10.3 Å². The molecule has 1 unspecified atom stereocenters. The molecule has 5 nitrogen and oxygen atoms in total. The zero-order valence-electron chi connectivity index (χ0n) is 9.34. The number of rotatable bonds is 6. The Hall–Kier alpha value is -1.36. The summed E-state index contributed by atoms with van der Waals surface area (Å²) in [6, 6.07) is 9.55. The van der Waals surface area contributed by atoms with Gasteiger partial charge in [-0.1, -0.05) is 35.4 Å². The van der Waals surface area contributed by atoms with E-state index in [-0.39, 0.29) is 6.61 Å². The smallest absolute Gasteiger partial charge is 0.211 e. The summed E-state index contributed by atoms with van der Waals surface area (Å²) in [7, 11) is 0. The fourth-order valence-electron chi connectivity index (χ4n) is 1.17. The van der Waals surface area contributed by atoms with Crippen molar-refractivity contribution in [3.63, 3.8) is 0 Å². The largest absolute Gasteiger partial charge is 0.376 e. The van der Waals surface area contributed by atoms with Gasteiger partial charge in [0.2, 0.25) is 4.69 Å². The molecule has 90 valence electrons. The second-order valence-corrected chi connectivity index (χ2v) is 4.44. The summed E-state index contributed by atoms with van der Waals surface area (Å²) in [5.41, 5.74) is 8.19. The quantitative estimate of drug-likeness (QED) is 0.350. The maximum absolute atomic E-state index is 11.3. The SMILES string of the molecule is CC(COCc1ccccc1)(N=[N+]=[N-])C(=O)Br. The maximum Gasteiger partial charge on any atom is 0.211 e. The van der Waals surface area contributed by atoms with Crippen LogP contribution in [0.1, 0.15) is 12.5 Å². The molecule has 1 aromatic rings. The highest BCUT2D eigenvalue weighted by Crippen LogP contribution is 2.17. The molecule has 0 aliphatic carbocycles. The third-order valence-electron chi connectivity index (χ3n) is 2.18. The molecule has 0 aromatic heterocycles. The highest BCUT2D eigenvalue weighted by Gasteiger charge is 2.30. The first kappa shape index (κ1) is 13.7. The molecule has 0 heterocycles. The first-order valence-corrected chi connectivity index (χ1v) is 5.75. The van der Waals surface area contributed by atoms with E-state index in [2.05, 4.69) is 26.0 Å². The van der Waals surface area contributed by atoms with Crippen molar-refractivity contribution in [2.45, 2.75) is 19.1 Å². The molecule has 0 N–H and O–H groups in total. The van der Waals surface area contributed by atoms with Crippen LogP contribution in [-0.2, 0) is 16.1 Å². The predicted molar refractivity (Wildman–Crippen MR) is 67.6 cm³/mol. The normalized spacial score (nSPS) is 13.5. The molecule has 0 bridgehead atoms. The minimum Gasteiger partial charge on any atom is -0.376 e. The average molecular weight is 298 g/mol. The third kappa shape index (κ3) is 4.19. The fourth-order valence-corrected chi connectivity index (χ4v) is 1.36. The van der Waals surface area contributed by atoms with E-state index in [1.165, 1.54) is 6.92 Å². The van der Waals surface area contributed by atoms with Gasteiger partial charge in [0.25, 0.3) is 0 Å². The lowest BCUT2D eigenvalue weighted by molar-refractivity contribution is -0.116. The van der Waals surface area contributed by atoms with Crippen molar-refractivity contribution in [2.24, 2.45) is 5.11 Å². The van der Waals surface area contributed by atoms with Gasteiger partial charge in [0.1, 0.15) is 5.54 Å². The zero-order chi connectivity index (χ0) is 12.7. The maximum atomic E-state index is 11.3. The Balaban J connectivity index is 2.54. The number of carbonyl (C=O) groups is 1. The number of hydrogen-bond acceptors (Lipinski definition) is 3. The van der Waals surface area contributed by atoms with Crippen molar-refractivity contribution in [3.8, 4) is 0 Å². The highest BCUT2D eigenvalue weighted by atomic mass is 79.9. The summed E-state index contributed by atoms with van der Waals surface area (Å²) in [4.78, 5) is 13.9. The van der Waals surface area contributed by atoms with E-state index in [1.54, 1.807) is 0 Å². The van der Waals surface area contributed by atoms with Crippen LogP contribution in [0, 0.1) is 0 Å². The van der Waals surface area contributed by atoms with E-state index in [1.807, 2.05) is 30.3 Å². The summed E-state index contributed by atoms with van der Waals surface area (Å²) in [6.45, 7) is 1.93. The lowest BCUT2D eigenvalue weighted by Crippen LogP contribution is -2.34. The molecule has 0 amide bonds. The number of nitrogens with zero attached hydrogens (tertiary/aromatic N) is 3. The Bertz CT molecular complexity index is 428. The first-order chi connectivity index (χ1) is 8.08. The molecular formula is C11H12BrN3O2. The summed E-state index contributed by atoms with van der Waals surface area (Å²) >= 11 is 2.80. The van der Waals surface area contributed by atoms with Crippen molar-refractivity contribution >= 4 is 20.6 Å². The van der Waals surface area contributed by atoms with E-state index >= 15 is 0 Å². The van der Waals surface area contributed by atoms with E-state index < -0.39 is 10.2 Å². The fraction of sp³-hybridized carbons (Fsp3) is 0.364. The molecule has 6 heteroatoms. The van der Waals surface area contributed by atoms with Gasteiger partial charge in [0.05, 0.1) is 13.2 Å². The lowest BCUT2D eigenvalue weighted by Gasteiger charge is -2.18. The van der Waals surface area contributed by atoms with Crippen LogP contribution >= 0.6 is 15.9 Å². The van der Waals surface area contributed by atoms with Crippen LogP contribution in [0.5, 0.6) is 0 Å². The lowest BCUT2D eigenvalue weighted by atomic mass is 10.1. The third-order valence-corrected chi connectivity index (χ3v) is 3.04. The Morgan fingerprint density at radius 3 is 2.71 bits per heavy atom. The summed E-state index contributed by atoms with van der Waals surface area (Å²) in [6.07, 6.45) is 0. The molecule has 0 aliphatic rings. The molecule has 0 radical (unpaired) electrons. The summed E-state index contributed by atoms with van der Waals surface area (Å²) < 4.78 is 4.99.